The van der Waals surface area contributed by atoms with Gasteiger partial charge in [-0.05, 0) is 42.2 Å². The molecular formula is C17H18N2O2. The summed E-state index contributed by atoms with van der Waals surface area (Å²) in [6, 6.07) is 15.1. The van der Waals surface area contributed by atoms with Crippen LogP contribution in [0.5, 0.6) is 0 Å². The monoisotopic (exact) mass is 282 g/mol. The second-order valence-electron chi connectivity index (χ2n) is 5.24. The molecule has 3 rings (SSSR count). The summed E-state index contributed by atoms with van der Waals surface area (Å²) in [4.78, 5) is 12.3. The zero-order valence-electron chi connectivity index (χ0n) is 11.7. The van der Waals surface area contributed by atoms with Gasteiger partial charge in [-0.1, -0.05) is 30.3 Å². The van der Waals surface area contributed by atoms with Gasteiger partial charge in [-0.25, -0.2) is 0 Å². The average molecular weight is 282 g/mol. The van der Waals surface area contributed by atoms with E-state index in [9.17, 15) is 4.79 Å². The number of rotatable bonds is 3. The molecule has 1 aliphatic heterocycles. The zero-order valence-corrected chi connectivity index (χ0v) is 11.7. The first kappa shape index (κ1) is 13.6. The van der Waals surface area contributed by atoms with Gasteiger partial charge in [0, 0.05) is 11.4 Å². The van der Waals surface area contributed by atoms with Gasteiger partial charge >= 0.3 is 0 Å². The van der Waals surface area contributed by atoms with Crippen molar-refractivity contribution in [3.8, 4) is 0 Å². The molecule has 0 saturated heterocycles. The van der Waals surface area contributed by atoms with E-state index in [-0.39, 0.29) is 18.6 Å². The van der Waals surface area contributed by atoms with Crippen LogP contribution in [0.25, 0.3) is 0 Å². The maximum absolute atomic E-state index is 12.3. The molecule has 108 valence electrons. The van der Waals surface area contributed by atoms with Crippen LogP contribution in [-0.4, -0.2) is 17.1 Å². The van der Waals surface area contributed by atoms with Gasteiger partial charge < -0.3 is 15.7 Å². The molecule has 0 bridgehead atoms. The number of carbonyl (C=O) groups excluding carboxylic acids is 1. The average Bonchev–Trinajstić information content (AvgIpc) is 2.55. The first-order valence-electron chi connectivity index (χ1n) is 7.11. The van der Waals surface area contributed by atoms with Crippen molar-refractivity contribution < 1.29 is 9.90 Å². The van der Waals surface area contributed by atoms with Crippen LogP contribution in [0.3, 0.4) is 0 Å². The quantitative estimate of drug-likeness (QED) is 0.810. The third-order valence-corrected chi connectivity index (χ3v) is 3.77. The van der Waals surface area contributed by atoms with Crippen molar-refractivity contribution in [2.24, 2.45) is 0 Å². The van der Waals surface area contributed by atoms with Gasteiger partial charge in [-0.15, -0.1) is 0 Å². The summed E-state index contributed by atoms with van der Waals surface area (Å²) in [6.07, 6.45) is 1.70. The summed E-state index contributed by atoms with van der Waals surface area (Å²) < 4.78 is 0. The lowest BCUT2D eigenvalue weighted by molar-refractivity contribution is -0.117. The maximum atomic E-state index is 12.3. The van der Waals surface area contributed by atoms with E-state index in [4.69, 9.17) is 5.11 Å². The number of aryl methyl sites for hydroxylation is 1. The summed E-state index contributed by atoms with van der Waals surface area (Å²) >= 11 is 0. The number of carbonyl (C=O) groups is 1. The van der Waals surface area contributed by atoms with Crippen LogP contribution in [0, 0.1) is 0 Å². The van der Waals surface area contributed by atoms with Crippen molar-refractivity contribution in [3.05, 3.63) is 59.7 Å². The standard InChI is InChI=1S/C17H18N2O2/c20-11-12-5-8-14(9-6-12)18-17(21)16-10-7-13-3-1-2-4-15(13)19-16/h1-6,8-9,16,19-20H,7,10-11H2,(H,18,21). The minimum atomic E-state index is -0.211. The Balaban J connectivity index is 1.66. The largest absolute Gasteiger partial charge is 0.392 e. The highest BCUT2D eigenvalue weighted by molar-refractivity contribution is 5.97. The summed E-state index contributed by atoms with van der Waals surface area (Å²) in [6.45, 7) is 0.00912. The highest BCUT2D eigenvalue weighted by Crippen LogP contribution is 2.24. The fourth-order valence-electron chi connectivity index (χ4n) is 2.56. The van der Waals surface area contributed by atoms with E-state index >= 15 is 0 Å². The highest BCUT2D eigenvalue weighted by Gasteiger charge is 2.23. The van der Waals surface area contributed by atoms with Crippen molar-refractivity contribution in [2.75, 3.05) is 10.6 Å². The molecular weight excluding hydrogens is 264 g/mol. The van der Waals surface area contributed by atoms with Crippen LogP contribution in [0.15, 0.2) is 48.5 Å². The fourth-order valence-corrected chi connectivity index (χ4v) is 2.56. The molecule has 21 heavy (non-hydrogen) atoms. The Morgan fingerprint density at radius 3 is 2.71 bits per heavy atom. The van der Waals surface area contributed by atoms with Crippen LogP contribution in [0.2, 0.25) is 0 Å². The van der Waals surface area contributed by atoms with Crippen LogP contribution in [-0.2, 0) is 17.8 Å². The Labute approximate surface area is 123 Å². The maximum Gasteiger partial charge on any atom is 0.246 e. The molecule has 1 heterocycles. The lowest BCUT2D eigenvalue weighted by Gasteiger charge is -2.26. The van der Waals surface area contributed by atoms with E-state index in [0.717, 1.165) is 29.8 Å². The number of nitrogens with one attached hydrogen (secondary N) is 2. The molecule has 1 unspecified atom stereocenters. The normalized spacial score (nSPS) is 16.7. The van der Waals surface area contributed by atoms with Gasteiger partial charge in [-0.3, -0.25) is 4.79 Å². The lowest BCUT2D eigenvalue weighted by Crippen LogP contribution is -2.37. The van der Waals surface area contributed by atoms with Gasteiger partial charge in [0.2, 0.25) is 5.91 Å². The third-order valence-electron chi connectivity index (χ3n) is 3.77. The molecule has 2 aromatic carbocycles. The number of aliphatic hydroxyl groups excluding tert-OH is 1. The predicted molar refractivity (Wildman–Crippen MR) is 83.2 cm³/mol. The summed E-state index contributed by atoms with van der Waals surface area (Å²) in [5.74, 6) is -0.0266. The van der Waals surface area contributed by atoms with Crippen LogP contribution in [0.4, 0.5) is 11.4 Å². The molecule has 3 N–H and O–H groups in total. The van der Waals surface area contributed by atoms with Gasteiger partial charge in [0.15, 0.2) is 0 Å². The molecule has 0 aromatic heterocycles. The summed E-state index contributed by atoms with van der Waals surface area (Å²) in [5, 5.41) is 15.2. The van der Waals surface area contributed by atoms with Crippen molar-refractivity contribution >= 4 is 17.3 Å². The molecule has 4 nitrogen and oxygen atoms in total. The number of hydrogen-bond donors (Lipinski definition) is 3. The molecule has 1 atom stereocenters. The molecule has 0 radical (unpaired) electrons. The van der Waals surface area contributed by atoms with Crippen LogP contribution >= 0.6 is 0 Å². The van der Waals surface area contributed by atoms with Gasteiger partial charge in [0.1, 0.15) is 6.04 Å². The van der Waals surface area contributed by atoms with Crippen molar-refractivity contribution in [3.63, 3.8) is 0 Å². The molecule has 0 aliphatic carbocycles. The van der Waals surface area contributed by atoms with E-state index in [2.05, 4.69) is 16.7 Å². The number of fused-ring (bicyclic) bond motifs is 1. The molecule has 1 amide bonds. The summed E-state index contributed by atoms with van der Waals surface area (Å²) in [7, 11) is 0. The van der Waals surface area contributed by atoms with E-state index in [0.29, 0.717) is 0 Å². The van der Waals surface area contributed by atoms with Gasteiger partial charge in [-0.2, -0.15) is 0 Å². The Morgan fingerprint density at radius 1 is 1.19 bits per heavy atom. The minimum absolute atomic E-state index is 0.00912. The Hall–Kier alpha value is -2.33. The molecule has 4 heteroatoms. The summed E-state index contributed by atoms with van der Waals surface area (Å²) in [5.41, 5.74) is 3.88. The van der Waals surface area contributed by atoms with Crippen molar-refractivity contribution in [1.82, 2.24) is 0 Å². The van der Waals surface area contributed by atoms with Crippen LogP contribution in [0.1, 0.15) is 17.5 Å². The zero-order chi connectivity index (χ0) is 14.7. The second kappa shape index (κ2) is 5.97. The molecule has 0 spiro atoms. The third kappa shape index (κ3) is 3.06. The number of benzene rings is 2. The predicted octanol–water partition coefficient (Wildman–Crippen LogP) is 2.54. The smallest absolute Gasteiger partial charge is 0.246 e. The van der Waals surface area contributed by atoms with E-state index in [1.54, 1.807) is 24.3 Å². The number of hydrogen-bond acceptors (Lipinski definition) is 3. The van der Waals surface area contributed by atoms with Gasteiger partial charge in [0.25, 0.3) is 0 Å². The number of amides is 1. The molecule has 0 fully saturated rings. The van der Waals surface area contributed by atoms with E-state index in [1.807, 2.05) is 18.2 Å². The Kier molecular flexibility index (Phi) is 3.88. The van der Waals surface area contributed by atoms with Gasteiger partial charge in [0.05, 0.1) is 6.61 Å². The minimum Gasteiger partial charge on any atom is -0.392 e. The number of anilines is 2. The topological polar surface area (TPSA) is 61.4 Å². The number of aliphatic hydroxyl groups is 1. The van der Waals surface area contributed by atoms with E-state index in [1.165, 1.54) is 5.56 Å². The fraction of sp³-hybridized carbons (Fsp3) is 0.235. The van der Waals surface area contributed by atoms with Crippen LogP contribution < -0.4 is 10.6 Å². The highest BCUT2D eigenvalue weighted by atomic mass is 16.3. The first-order valence-corrected chi connectivity index (χ1v) is 7.11. The Bertz CT molecular complexity index is 637. The second-order valence-corrected chi connectivity index (χ2v) is 5.24. The number of para-hydroxylation sites is 1. The van der Waals surface area contributed by atoms with Crippen molar-refractivity contribution in [2.45, 2.75) is 25.5 Å². The first-order chi connectivity index (χ1) is 10.3. The SMILES string of the molecule is O=C(Nc1ccc(CO)cc1)C1CCc2ccccc2N1. The molecule has 0 saturated carbocycles. The van der Waals surface area contributed by atoms with Crippen molar-refractivity contribution in [1.29, 1.82) is 0 Å². The lowest BCUT2D eigenvalue weighted by atomic mass is 9.97. The Morgan fingerprint density at radius 2 is 1.95 bits per heavy atom. The molecule has 1 aliphatic rings. The molecule has 2 aromatic rings. The van der Waals surface area contributed by atoms with E-state index < -0.39 is 0 Å².